The Morgan fingerprint density at radius 1 is 0.532 bits per heavy atom. The van der Waals surface area contributed by atoms with Crippen LogP contribution in [0, 0.1) is 0 Å². The fourth-order valence-corrected chi connectivity index (χ4v) is 9.26. The fraction of sp³-hybridized carbons (Fsp3) is 0.951. The summed E-state index contributed by atoms with van der Waals surface area (Å²) >= 11 is 0. The minimum Gasteiger partial charge on any atom is -0.827 e. The first-order valence-electron chi connectivity index (χ1n) is 20.7. The van der Waals surface area contributed by atoms with Crippen molar-refractivity contribution in [3.05, 3.63) is 0 Å². The van der Waals surface area contributed by atoms with Crippen molar-refractivity contribution in [3.8, 4) is 0 Å². The first kappa shape index (κ1) is 47.1. The summed E-state index contributed by atoms with van der Waals surface area (Å²) in [6.07, 6.45) is 40.8. The Hall–Kier alpha value is 0.150. The van der Waals surface area contributed by atoms with E-state index in [1.165, 1.54) is 167 Å². The minimum absolute atomic E-state index is 0.113. The third kappa shape index (κ3) is 33.1. The number of aliphatic hydroxyl groups is 1. The van der Waals surface area contributed by atoms with E-state index in [9.17, 15) is 15.0 Å². The van der Waals surface area contributed by atoms with Crippen LogP contribution in [0.3, 0.4) is 0 Å². The molecular formula is C41H83NO3P2. The number of aliphatic hydroxyl groups excluding tert-OH is 1. The first-order valence-corrected chi connectivity index (χ1v) is 22.8. The molecule has 0 aliphatic rings. The topological polar surface area (TPSA) is 60.4 Å². The highest BCUT2D eigenvalue weighted by Gasteiger charge is 2.31. The van der Waals surface area contributed by atoms with E-state index >= 15 is 0 Å². The second-order valence-electron chi connectivity index (χ2n) is 15.5. The molecule has 0 amide bonds. The normalized spacial score (nSPS) is 14.0. The lowest BCUT2D eigenvalue weighted by Gasteiger charge is -2.35. The van der Waals surface area contributed by atoms with Crippen LogP contribution in [0.15, 0.2) is 0 Å². The molecular weight excluding hydrogens is 616 g/mol. The zero-order chi connectivity index (χ0) is 34.9. The van der Waals surface area contributed by atoms with Gasteiger partial charge in [-0.3, -0.25) is 4.79 Å². The molecule has 0 fully saturated rings. The minimum atomic E-state index is -0.731. The van der Waals surface area contributed by atoms with Gasteiger partial charge in [0.1, 0.15) is 5.85 Å². The van der Waals surface area contributed by atoms with E-state index in [0.717, 1.165) is 25.7 Å². The highest BCUT2D eigenvalue weighted by Crippen LogP contribution is 2.33. The lowest BCUT2D eigenvalue weighted by atomic mass is 10.0. The van der Waals surface area contributed by atoms with Crippen LogP contribution in [0.1, 0.15) is 219 Å². The molecule has 0 aliphatic carbocycles. The Labute approximate surface area is 298 Å². The maximum absolute atomic E-state index is 12.8. The highest BCUT2D eigenvalue weighted by atomic mass is 31.1. The molecule has 0 aromatic carbocycles. The standard InChI is InChI=1S/C41H83NO3P2/c1-6-8-10-12-14-16-18-20-22-24-26-28-30-32-34-36-38(43)46-40(42(3,4)5)41(45)47-39(44)37-35-33-31-29-27-25-23-21-19-17-15-13-11-9-7-2/h40-41,45,47H,6-37H2,1-5H3. The van der Waals surface area contributed by atoms with Crippen LogP contribution in [-0.2, 0) is 4.79 Å². The van der Waals surface area contributed by atoms with Crippen LogP contribution in [0.2, 0.25) is 0 Å². The molecule has 0 aromatic heterocycles. The second kappa shape index (κ2) is 34.6. The van der Waals surface area contributed by atoms with Gasteiger partial charge in [-0.15, -0.1) is 5.48 Å². The van der Waals surface area contributed by atoms with E-state index in [1.807, 2.05) is 21.1 Å². The molecule has 0 aromatic rings. The summed E-state index contributed by atoms with van der Waals surface area (Å²) in [5.41, 5.74) is 0.396. The molecule has 6 heteroatoms. The molecule has 0 saturated carbocycles. The number of unbranched alkanes of at least 4 members (excludes halogenated alkanes) is 28. The van der Waals surface area contributed by atoms with E-state index < -0.39 is 5.85 Å². The van der Waals surface area contributed by atoms with Gasteiger partial charge in [0.05, 0.1) is 21.1 Å². The number of hydrogen-bond acceptors (Lipinski definition) is 3. The van der Waals surface area contributed by atoms with Gasteiger partial charge in [-0.1, -0.05) is 208 Å². The van der Waals surface area contributed by atoms with Gasteiger partial charge < -0.3 is 14.7 Å². The van der Waals surface area contributed by atoms with Gasteiger partial charge in [-0.2, -0.15) is 0 Å². The van der Waals surface area contributed by atoms with Crippen molar-refractivity contribution in [2.24, 2.45) is 0 Å². The SMILES string of the molecule is CCCCCCCCCCCCCCCCCC(=O)PC(O)C(P=C([O-])CCCCCCCCCCCCCCCCC)[N+](C)(C)C. The molecule has 1 N–H and O–H groups in total. The van der Waals surface area contributed by atoms with Crippen LogP contribution in [0.5, 0.6) is 0 Å². The van der Waals surface area contributed by atoms with Gasteiger partial charge >= 0.3 is 0 Å². The van der Waals surface area contributed by atoms with Crippen LogP contribution in [0.25, 0.3) is 0 Å². The third-order valence-electron chi connectivity index (χ3n) is 9.66. The van der Waals surface area contributed by atoms with E-state index in [2.05, 4.69) is 13.8 Å². The quantitative estimate of drug-likeness (QED) is 0.0399. The zero-order valence-electron chi connectivity index (χ0n) is 32.4. The van der Waals surface area contributed by atoms with Gasteiger partial charge in [-0.25, -0.2) is 0 Å². The lowest BCUT2D eigenvalue weighted by Crippen LogP contribution is -2.48. The Morgan fingerprint density at radius 2 is 0.809 bits per heavy atom. The number of quaternary nitrogens is 1. The van der Waals surface area contributed by atoms with Gasteiger partial charge in [0.25, 0.3) is 0 Å². The lowest BCUT2D eigenvalue weighted by molar-refractivity contribution is -0.882. The monoisotopic (exact) mass is 700 g/mol. The summed E-state index contributed by atoms with van der Waals surface area (Å²) < 4.78 is 0.507. The number of carbonyl (C=O) groups is 1. The van der Waals surface area contributed by atoms with Crippen molar-refractivity contribution in [3.63, 3.8) is 0 Å². The van der Waals surface area contributed by atoms with E-state index in [-0.39, 0.29) is 25.4 Å². The average molecular weight is 700 g/mol. The summed E-state index contributed by atoms with van der Waals surface area (Å²) in [5.74, 6) is -0.965. The first-order chi connectivity index (χ1) is 22.7. The van der Waals surface area contributed by atoms with Crippen molar-refractivity contribution in [2.45, 2.75) is 231 Å². The zero-order valence-corrected chi connectivity index (χ0v) is 34.3. The molecule has 0 aliphatic heterocycles. The molecule has 280 valence electrons. The van der Waals surface area contributed by atoms with Crippen molar-refractivity contribution in [1.82, 2.24) is 0 Å². The van der Waals surface area contributed by atoms with Crippen molar-refractivity contribution < 1.29 is 19.5 Å². The van der Waals surface area contributed by atoms with Gasteiger partial charge in [0.15, 0.2) is 11.3 Å². The Bertz CT molecular complexity index is 709. The largest absolute Gasteiger partial charge is 0.827 e. The predicted octanol–water partition coefficient (Wildman–Crippen LogP) is 12.5. The number of rotatable bonds is 37. The van der Waals surface area contributed by atoms with Crippen molar-refractivity contribution in [2.75, 3.05) is 21.1 Å². The number of carbonyl (C=O) groups excluding carboxylic acids is 1. The number of likely N-dealkylation sites (N-methyl/N-ethyl adjacent to an activating group) is 1. The van der Waals surface area contributed by atoms with Gasteiger partial charge in [-0.05, 0) is 21.4 Å². The van der Waals surface area contributed by atoms with E-state index in [4.69, 9.17) is 0 Å². The summed E-state index contributed by atoms with van der Waals surface area (Å²) in [7, 11) is 6.66. The predicted molar refractivity (Wildman–Crippen MR) is 212 cm³/mol. The van der Waals surface area contributed by atoms with Crippen LogP contribution < -0.4 is 5.11 Å². The molecule has 47 heavy (non-hydrogen) atoms. The average Bonchev–Trinajstić information content (AvgIpc) is 3.03. The molecule has 0 bridgehead atoms. The summed E-state index contributed by atoms with van der Waals surface area (Å²) in [5, 5.41) is 23.8. The number of hydrogen-bond donors (Lipinski definition) is 1. The van der Waals surface area contributed by atoms with Crippen LogP contribution >= 0.6 is 16.8 Å². The molecule has 0 saturated heterocycles. The second-order valence-corrected chi connectivity index (χ2v) is 18.2. The van der Waals surface area contributed by atoms with Crippen molar-refractivity contribution >= 4 is 27.8 Å². The summed E-state index contributed by atoms with van der Waals surface area (Å²) in [6, 6.07) is 0. The highest BCUT2D eigenvalue weighted by molar-refractivity contribution is 7.59. The molecule has 3 atom stereocenters. The van der Waals surface area contributed by atoms with Crippen LogP contribution in [0.4, 0.5) is 0 Å². The van der Waals surface area contributed by atoms with Gasteiger partial charge in [0, 0.05) is 6.42 Å². The van der Waals surface area contributed by atoms with Gasteiger partial charge in [0.2, 0.25) is 0 Å². The smallest absolute Gasteiger partial charge is 0.158 e. The van der Waals surface area contributed by atoms with E-state index in [1.54, 1.807) is 0 Å². The fourth-order valence-electron chi connectivity index (χ4n) is 6.50. The summed E-state index contributed by atoms with van der Waals surface area (Å²) in [6.45, 7) is 4.56. The Kier molecular flexibility index (Phi) is 34.7. The maximum atomic E-state index is 12.8. The number of nitrogens with zero attached hydrogens (tertiary/aromatic N) is 1. The van der Waals surface area contributed by atoms with Crippen LogP contribution in [-0.4, -0.2) is 53.4 Å². The molecule has 0 heterocycles. The Morgan fingerprint density at radius 3 is 1.11 bits per heavy atom. The Balaban J connectivity index is 3.94. The molecule has 4 nitrogen and oxygen atoms in total. The summed E-state index contributed by atoms with van der Waals surface area (Å²) in [4.78, 5) is 12.7. The van der Waals surface area contributed by atoms with E-state index in [0.29, 0.717) is 25.5 Å². The van der Waals surface area contributed by atoms with Crippen molar-refractivity contribution in [1.29, 1.82) is 0 Å². The third-order valence-corrected chi connectivity index (χ3v) is 12.9. The molecule has 3 unspecified atom stereocenters. The molecule has 0 radical (unpaired) electrons. The maximum Gasteiger partial charge on any atom is 0.158 e. The molecule has 0 rings (SSSR count). The molecule has 0 spiro atoms.